The molecule has 10 heavy (non-hydrogen) atoms. The number of hydrogen-bond donors (Lipinski definition) is 1. The van der Waals surface area contributed by atoms with Crippen molar-refractivity contribution >= 4 is 5.71 Å². The zero-order valence-corrected chi connectivity index (χ0v) is 7.28. The van der Waals surface area contributed by atoms with E-state index >= 15 is 0 Å². The smallest absolute Gasteiger partial charge is 0.00607 e. The van der Waals surface area contributed by atoms with Crippen LogP contribution >= 0.6 is 0 Å². The maximum Gasteiger partial charge on any atom is 0.00607 e. The number of nitrogens with one attached hydrogen (secondary N) is 1. The van der Waals surface area contributed by atoms with Crippen LogP contribution in [0, 0.1) is 11.3 Å². The Balaban J connectivity index is -0.000000149. The van der Waals surface area contributed by atoms with E-state index in [1.54, 1.807) is 0 Å². The highest BCUT2D eigenvalue weighted by atomic mass is 14.4. The fourth-order valence-corrected chi connectivity index (χ4v) is 0.612. The minimum Gasteiger partial charge on any atom is -0.310 e. The van der Waals surface area contributed by atoms with Gasteiger partial charge < -0.3 is 5.41 Å². The molecule has 1 heteroatoms. The zero-order valence-electron chi connectivity index (χ0n) is 7.28. The molecule has 0 rings (SSSR count). The molecule has 0 bridgehead atoms. The molecule has 64 valence electrons. The van der Waals surface area contributed by atoms with Crippen LogP contribution in [-0.2, 0) is 0 Å². The van der Waals surface area contributed by atoms with Crippen LogP contribution in [0.25, 0.3) is 0 Å². The zero-order chi connectivity index (χ0) is 7.86. The first-order valence-electron chi connectivity index (χ1n) is 3.67. The van der Waals surface area contributed by atoms with E-state index in [0.717, 1.165) is 12.1 Å². The highest BCUT2D eigenvalue weighted by Crippen LogP contribution is 1.98. The summed E-state index contributed by atoms with van der Waals surface area (Å²) in [7, 11) is 0. The lowest BCUT2D eigenvalue weighted by atomic mass is 10.1. The Labute approximate surface area is 66.4 Å². The molecule has 0 aliphatic heterocycles. The summed E-state index contributed by atoms with van der Waals surface area (Å²) < 4.78 is 0. The van der Waals surface area contributed by atoms with Gasteiger partial charge in [0.1, 0.15) is 0 Å². The van der Waals surface area contributed by atoms with Crippen molar-refractivity contribution < 1.29 is 0 Å². The van der Waals surface area contributed by atoms with Crippen molar-refractivity contribution in [3.63, 3.8) is 0 Å². The van der Waals surface area contributed by atoms with Crippen LogP contribution in [0.4, 0.5) is 0 Å². The highest BCUT2D eigenvalue weighted by Gasteiger charge is 1.91. The largest absolute Gasteiger partial charge is 0.310 e. The van der Waals surface area contributed by atoms with Gasteiger partial charge in [0, 0.05) is 5.71 Å². The summed E-state index contributed by atoms with van der Waals surface area (Å²) in [6.45, 7) is 10.1. The molecule has 0 amide bonds. The maximum absolute atomic E-state index is 7.02. The van der Waals surface area contributed by atoms with Gasteiger partial charge in [-0.2, -0.15) is 0 Å². The van der Waals surface area contributed by atoms with E-state index in [9.17, 15) is 0 Å². The average Bonchev–Trinajstić information content (AvgIpc) is 1.68. The molecule has 1 N–H and O–H groups in total. The van der Waals surface area contributed by atoms with Gasteiger partial charge in [0.05, 0.1) is 0 Å². The summed E-state index contributed by atoms with van der Waals surface area (Å²) in [4.78, 5) is 0. The molecule has 0 aromatic carbocycles. The third-order valence-electron chi connectivity index (χ3n) is 0.714. The summed E-state index contributed by atoms with van der Waals surface area (Å²) in [5.74, 6) is 0.650. The van der Waals surface area contributed by atoms with E-state index in [-0.39, 0.29) is 7.43 Å². The summed E-state index contributed by atoms with van der Waals surface area (Å²) in [6.07, 6.45) is 0.944. The summed E-state index contributed by atoms with van der Waals surface area (Å²) >= 11 is 0. The van der Waals surface area contributed by atoms with Crippen molar-refractivity contribution in [3.05, 3.63) is 0 Å². The van der Waals surface area contributed by atoms with Gasteiger partial charge in [0.15, 0.2) is 0 Å². The highest BCUT2D eigenvalue weighted by molar-refractivity contribution is 5.78. The molecule has 0 unspecified atom stereocenters. The van der Waals surface area contributed by atoms with Crippen molar-refractivity contribution in [2.75, 3.05) is 0 Å². The normalized spacial score (nSPS) is 7.40. The van der Waals surface area contributed by atoms with E-state index in [0.29, 0.717) is 5.92 Å². The minimum absolute atomic E-state index is 0. The predicted octanol–water partition coefficient (Wildman–Crippen LogP) is 3.73. The fraction of sp³-hybridized carbons (Fsp3) is 0.889. The molecule has 0 atom stereocenters. The Kier molecular flexibility index (Phi) is 18.7. The van der Waals surface area contributed by atoms with Gasteiger partial charge in [-0.05, 0) is 19.3 Å². The molecule has 0 saturated heterocycles. The van der Waals surface area contributed by atoms with Gasteiger partial charge in [-0.1, -0.05) is 35.1 Å². The Morgan fingerprint density at radius 1 is 1.30 bits per heavy atom. The Hall–Kier alpha value is -0.330. The van der Waals surface area contributed by atoms with Crippen LogP contribution in [0.15, 0.2) is 0 Å². The Bertz CT molecular complexity index is 65.1. The van der Waals surface area contributed by atoms with E-state index < -0.39 is 0 Å². The van der Waals surface area contributed by atoms with Crippen molar-refractivity contribution in [1.29, 1.82) is 5.41 Å². The third-order valence-corrected chi connectivity index (χ3v) is 0.714. The molecular weight excluding hydrogens is 122 g/mol. The van der Waals surface area contributed by atoms with Crippen LogP contribution in [0.1, 0.15) is 48.5 Å². The van der Waals surface area contributed by atoms with Crippen LogP contribution in [0.3, 0.4) is 0 Å². The second-order valence-corrected chi connectivity index (χ2v) is 2.38. The third kappa shape index (κ3) is 25.3. The molecule has 0 heterocycles. The number of rotatable bonds is 2. The number of hydrogen-bond acceptors (Lipinski definition) is 1. The molecule has 0 aliphatic carbocycles. The van der Waals surface area contributed by atoms with E-state index in [4.69, 9.17) is 5.41 Å². The topological polar surface area (TPSA) is 23.9 Å². The second-order valence-electron chi connectivity index (χ2n) is 2.38. The Morgan fingerprint density at radius 3 is 1.60 bits per heavy atom. The van der Waals surface area contributed by atoms with Gasteiger partial charge in [0.25, 0.3) is 0 Å². The summed E-state index contributed by atoms with van der Waals surface area (Å²) in [5.41, 5.74) is 0.787. The molecule has 0 radical (unpaired) electrons. The molecule has 0 saturated carbocycles. The van der Waals surface area contributed by atoms with Crippen LogP contribution in [-0.4, -0.2) is 5.71 Å². The maximum atomic E-state index is 7.02. The van der Waals surface area contributed by atoms with Gasteiger partial charge in [-0.25, -0.2) is 0 Å². The first kappa shape index (κ1) is 16.3. The van der Waals surface area contributed by atoms with Crippen molar-refractivity contribution in [3.8, 4) is 0 Å². The predicted molar refractivity (Wildman–Crippen MR) is 50.9 cm³/mol. The molecule has 0 aliphatic rings. The lowest BCUT2D eigenvalue weighted by Gasteiger charge is -1.98. The fourth-order valence-electron chi connectivity index (χ4n) is 0.612. The van der Waals surface area contributed by atoms with E-state index in [2.05, 4.69) is 13.8 Å². The van der Waals surface area contributed by atoms with Gasteiger partial charge in [0.2, 0.25) is 0 Å². The van der Waals surface area contributed by atoms with Crippen molar-refractivity contribution in [2.24, 2.45) is 5.92 Å². The summed E-state index contributed by atoms with van der Waals surface area (Å²) in [6, 6.07) is 0. The van der Waals surface area contributed by atoms with E-state index in [1.807, 2.05) is 20.8 Å². The quantitative estimate of drug-likeness (QED) is 0.572. The molecule has 0 aromatic rings. The standard InChI is InChI=1S/C6H13N.C2H6.CH4/c1-5(2)4-6(3)7;1-2;/h5,7H,4H2,1-3H3;1-2H3;1H4. The van der Waals surface area contributed by atoms with Gasteiger partial charge in [-0.3, -0.25) is 0 Å². The van der Waals surface area contributed by atoms with Crippen LogP contribution in [0.5, 0.6) is 0 Å². The van der Waals surface area contributed by atoms with Crippen molar-refractivity contribution in [1.82, 2.24) is 0 Å². The first-order chi connectivity index (χ1) is 4.13. The summed E-state index contributed by atoms with van der Waals surface area (Å²) in [5, 5.41) is 7.02. The van der Waals surface area contributed by atoms with Crippen LogP contribution in [0.2, 0.25) is 0 Å². The molecule has 0 fully saturated rings. The first-order valence-corrected chi connectivity index (χ1v) is 3.67. The monoisotopic (exact) mass is 145 g/mol. The lowest BCUT2D eigenvalue weighted by Crippen LogP contribution is -1.94. The SMILES string of the molecule is C.CC.CC(=N)CC(C)C. The van der Waals surface area contributed by atoms with Gasteiger partial charge in [-0.15, -0.1) is 0 Å². The van der Waals surface area contributed by atoms with E-state index in [1.165, 1.54) is 0 Å². The minimum atomic E-state index is 0. The second kappa shape index (κ2) is 11.5. The van der Waals surface area contributed by atoms with Crippen molar-refractivity contribution in [2.45, 2.75) is 48.5 Å². The average molecular weight is 145 g/mol. The molecular formula is C9H23N. The Morgan fingerprint density at radius 2 is 1.60 bits per heavy atom. The molecule has 0 spiro atoms. The lowest BCUT2D eigenvalue weighted by molar-refractivity contribution is 0.680. The van der Waals surface area contributed by atoms with Gasteiger partial charge >= 0.3 is 0 Å². The van der Waals surface area contributed by atoms with Crippen LogP contribution < -0.4 is 0 Å². The molecule has 0 aromatic heterocycles. The molecule has 1 nitrogen and oxygen atoms in total.